The van der Waals surface area contributed by atoms with Crippen LogP contribution in [0.4, 0.5) is 0 Å². The number of hydrogen-bond acceptors (Lipinski definition) is 3. The van der Waals surface area contributed by atoms with E-state index in [0.29, 0.717) is 11.8 Å². The molecular formula is C32H50O4. The molecule has 4 fully saturated rings. The number of aliphatic carboxylic acids is 1. The molecule has 8 atom stereocenters. The van der Waals surface area contributed by atoms with E-state index >= 15 is 0 Å². The highest BCUT2D eigenvalue weighted by Gasteiger charge is 2.69. The molecule has 0 heterocycles. The van der Waals surface area contributed by atoms with Crippen LogP contribution < -0.4 is 0 Å². The molecule has 0 spiro atoms. The van der Waals surface area contributed by atoms with E-state index in [2.05, 4.69) is 54.5 Å². The van der Waals surface area contributed by atoms with Crippen LogP contribution in [0.5, 0.6) is 0 Å². The lowest BCUT2D eigenvalue weighted by Gasteiger charge is -2.71. The van der Waals surface area contributed by atoms with Crippen molar-refractivity contribution < 1.29 is 19.4 Å². The van der Waals surface area contributed by atoms with Crippen LogP contribution in [0.1, 0.15) is 120 Å². The summed E-state index contributed by atoms with van der Waals surface area (Å²) in [7, 11) is 0. The molecule has 4 unspecified atom stereocenters. The second kappa shape index (κ2) is 7.85. The Morgan fingerprint density at radius 3 is 2.19 bits per heavy atom. The molecule has 0 radical (unpaired) electrons. The van der Waals surface area contributed by atoms with E-state index in [9.17, 15) is 14.7 Å². The van der Waals surface area contributed by atoms with Crippen molar-refractivity contribution in [2.45, 2.75) is 126 Å². The van der Waals surface area contributed by atoms with Crippen LogP contribution in [0.3, 0.4) is 0 Å². The molecule has 0 aliphatic heterocycles. The highest BCUT2D eigenvalue weighted by atomic mass is 16.5. The van der Waals surface area contributed by atoms with Crippen molar-refractivity contribution in [1.82, 2.24) is 0 Å². The van der Waals surface area contributed by atoms with E-state index in [1.807, 2.05) is 0 Å². The maximum absolute atomic E-state index is 12.8. The number of hydrogen-bond donors (Lipinski definition) is 1. The van der Waals surface area contributed by atoms with Crippen molar-refractivity contribution in [1.29, 1.82) is 0 Å². The Hall–Kier alpha value is -1.32. The predicted octanol–water partition coefficient (Wildman–Crippen LogP) is 7.80. The average molecular weight is 499 g/mol. The van der Waals surface area contributed by atoms with E-state index in [1.165, 1.54) is 12.0 Å². The Morgan fingerprint density at radius 2 is 1.56 bits per heavy atom. The third kappa shape index (κ3) is 3.30. The molecule has 0 amide bonds. The van der Waals surface area contributed by atoms with Crippen LogP contribution in [-0.4, -0.2) is 23.1 Å². The molecule has 5 aliphatic rings. The van der Waals surface area contributed by atoms with Gasteiger partial charge in [0, 0.05) is 12.3 Å². The van der Waals surface area contributed by atoms with E-state index < -0.39 is 11.4 Å². The zero-order valence-corrected chi connectivity index (χ0v) is 24.1. The summed E-state index contributed by atoms with van der Waals surface area (Å²) in [5, 5.41) is 10.5. The van der Waals surface area contributed by atoms with Crippen molar-refractivity contribution in [2.24, 2.45) is 50.2 Å². The highest BCUT2D eigenvalue weighted by molar-refractivity contribution is 5.76. The molecule has 0 aromatic carbocycles. The van der Waals surface area contributed by atoms with Crippen LogP contribution >= 0.6 is 0 Å². The molecule has 0 bridgehead atoms. The van der Waals surface area contributed by atoms with E-state index in [4.69, 9.17) is 4.74 Å². The van der Waals surface area contributed by atoms with Gasteiger partial charge < -0.3 is 9.84 Å². The number of allylic oxidation sites excluding steroid dienone is 2. The quantitative estimate of drug-likeness (QED) is 0.311. The molecule has 0 aromatic rings. The lowest BCUT2D eigenvalue weighted by Crippen LogP contribution is -2.65. The van der Waals surface area contributed by atoms with Gasteiger partial charge in [-0.05, 0) is 104 Å². The molecule has 4 saturated carbocycles. The van der Waals surface area contributed by atoms with Gasteiger partial charge in [-0.15, -0.1) is 0 Å². The number of rotatable bonds is 2. The second-order valence-electron chi connectivity index (χ2n) is 15.6. The zero-order valence-electron chi connectivity index (χ0n) is 24.1. The van der Waals surface area contributed by atoms with Crippen molar-refractivity contribution in [2.75, 3.05) is 0 Å². The number of carbonyl (C=O) groups excluding carboxylic acids is 1. The molecule has 1 N–H and O–H groups in total. The Bertz CT molecular complexity index is 992. The van der Waals surface area contributed by atoms with Gasteiger partial charge in [-0.2, -0.15) is 0 Å². The summed E-state index contributed by atoms with van der Waals surface area (Å²) in [5.74, 6) is 0.546. The lowest BCUT2D eigenvalue weighted by atomic mass is 9.33. The maximum atomic E-state index is 12.8. The first-order valence-electron chi connectivity index (χ1n) is 14.6. The van der Waals surface area contributed by atoms with Crippen LogP contribution in [-0.2, 0) is 14.3 Å². The van der Waals surface area contributed by atoms with Gasteiger partial charge in [0.15, 0.2) is 0 Å². The Labute approximate surface area is 219 Å². The number of ether oxygens (including phenoxy) is 1. The normalized spacial score (nSPS) is 48.8. The third-order valence-corrected chi connectivity index (χ3v) is 13.3. The first kappa shape index (κ1) is 26.3. The fourth-order valence-electron chi connectivity index (χ4n) is 11.0. The molecule has 0 aromatic heterocycles. The number of carbonyl (C=O) groups is 2. The molecular weight excluding hydrogens is 448 g/mol. The molecule has 0 saturated heterocycles. The highest BCUT2D eigenvalue weighted by Crippen LogP contribution is 2.75. The summed E-state index contributed by atoms with van der Waals surface area (Å²) in [6.45, 7) is 18.5. The third-order valence-electron chi connectivity index (χ3n) is 13.3. The van der Waals surface area contributed by atoms with Gasteiger partial charge in [-0.3, -0.25) is 9.59 Å². The number of carboxylic acids is 1. The van der Waals surface area contributed by atoms with Gasteiger partial charge >= 0.3 is 11.9 Å². The topological polar surface area (TPSA) is 63.6 Å². The first-order valence-corrected chi connectivity index (χ1v) is 14.6. The predicted molar refractivity (Wildman–Crippen MR) is 142 cm³/mol. The summed E-state index contributed by atoms with van der Waals surface area (Å²) < 4.78 is 5.87. The summed E-state index contributed by atoms with van der Waals surface area (Å²) in [6.07, 6.45) is 12.6. The number of esters is 1. The summed E-state index contributed by atoms with van der Waals surface area (Å²) in [4.78, 5) is 24.7. The average Bonchev–Trinajstić information content (AvgIpc) is 2.75. The summed E-state index contributed by atoms with van der Waals surface area (Å²) in [5.41, 5.74) is 1.50. The van der Waals surface area contributed by atoms with Crippen LogP contribution in [0.2, 0.25) is 0 Å². The lowest BCUT2D eigenvalue weighted by molar-refractivity contribution is -0.213. The maximum Gasteiger partial charge on any atom is 0.310 e. The van der Waals surface area contributed by atoms with Crippen molar-refractivity contribution in [3.63, 3.8) is 0 Å². The van der Waals surface area contributed by atoms with Gasteiger partial charge in [0.1, 0.15) is 6.10 Å². The van der Waals surface area contributed by atoms with Gasteiger partial charge in [-0.25, -0.2) is 0 Å². The minimum atomic E-state index is -0.574. The van der Waals surface area contributed by atoms with Gasteiger partial charge in [0.05, 0.1) is 5.41 Å². The van der Waals surface area contributed by atoms with Crippen molar-refractivity contribution >= 4 is 11.9 Å². The van der Waals surface area contributed by atoms with E-state index in [0.717, 1.165) is 57.8 Å². The molecule has 5 aliphatic carbocycles. The fraction of sp³-hybridized carbons (Fsp3) is 0.875. The second-order valence-corrected chi connectivity index (χ2v) is 15.6. The van der Waals surface area contributed by atoms with Gasteiger partial charge in [-0.1, -0.05) is 60.1 Å². The smallest absolute Gasteiger partial charge is 0.310 e. The first-order chi connectivity index (χ1) is 16.5. The summed E-state index contributed by atoms with van der Waals surface area (Å²) >= 11 is 0. The monoisotopic (exact) mass is 498 g/mol. The largest absolute Gasteiger partial charge is 0.481 e. The van der Waals surface area contributed by atoms with Gasteiger partial charge in [0.2, 0.25) is 0 Å². The fourth-order valence-corrected chi connectivity index (χ4v) is 11.0. The van der Waals surface area contributed by atoms with Crippen LogP contribution in [0.15, 0.2) is 11.6 Å². The Morgan fingerprint density at radius 1 is 0.889 bits per heavy atom. The van der Waals surface area contributed by atoms with Crippen molar-refractivity contribution in [3.05, 3.63) is 11.6 Å². The number of carboxylic acid groups (broad SMARTS) is 1. The minimum absolute atomic E-state index is 0.00181. The molecule has 4 nitrogen and oxygen atoms in total. The molecule has 5 rings (SSSR count). The van der Waals surface area contributed by atoms with E-state index in [-0.39, 0.29) is 45.1 Å². The molecule has 4 heteroatoms. The summed E-state index contributed by atoms with van der Waals surface area (Å²) in [6, 6.07) is 0. The Kier molecular flexibility index (Phi) is 5.74. The van der Waals surface area contributed by atoms with Crippen LogP contribution in [0, 0.1) is 50.2 Å². The minimum Gasteiger partial charge on any atom is -0.481 e. The van der Waals surface area contributed by atoms with Gasteiger partial charge in [0.25, 0.3) is 0 Å². The van der Waals surface area contributed by atoms with Crippen LogP contribution in [0.25, 0.3) is 0 Å². The molecule has 202 valence electrons. The van der Waals surface area contributed by atoms with E-state index in [1.54, 1.807) is 6.92 Å². The number of fused-ring (bicyclic) bond motifs is 7. The Balaban J connectivity index is 1.55. The SMILES string of the molecule is CC(=O)OC1CC[C@@]2(C)C(CC[C@@]3(C)C2CC=C2C4CC(C)(C)CC[C@]4(C(=O)O)CC[C@@]23C)C1(C)C. The zero-order chi connectivity index (χ0) is 26.5. The molecule has 36 heavy (non-hydrogen) atoms. The van der Waals surface area contributed by atoms with Crippen molar-refractivity contribution in [3.8, 4) is 0 Å². The standard InChI is InChI=1S/C32H50O4/c1-20(33)36-25-12-13-29(6)23(28(25,4)5)11-14-31(8)24(29)10-9-21-22-19-27(2,3)15-17-32(22,26(34)35)18-16-30(21,31)7/h9,22-25H,10-19H2,1-8H3,(H,34,35)/t22?,23?,24?,25?,29-,30-,31-,32-/m0/s1.